The summed E-state index contributed by atoms with van der Waals surface area (Å²) in [6.45, 7) is 7.17. The topological polar surface area (TPSA) is 74.8 Å². The summed E-state index contributed by atoms with van der Waals surface area (Å²) in [6.07, 6.45) is 6.53. The van der Waals surface area contributed by atoms with Crippen molar-refractivity contribution in [1.29, 1.82) is 0 Å². The van der Waals surface area contributed by atoms with Gasteiger partial charge < -0.3 is 9.64 Å². The summed E-state index contributed by atoms with van der Waals surface area (Å²) in [4.78, 5) is 32.1. The number of hydrogen-bond donors (Lipinski definition) is 1. The first-order valence-electron chi connectivity index (χ1n) is 12.1. The Bertz CT molecular complexity index is 927. The van der Waals surface area contributed by atoms with Gasteiger partial charge in [0.2, 0.25) is 0 Å². The highest BCUT2D eigenvalue weighted by Crippen LogP contribution is 2.31. The molecule has 4 rings (SSSR count). The van der Waals surface area contributed by atoms with Crippen LogP contribution in [0.4, 0.5) is 0 Å². The van der Waals surface area contributed by atoms with Crippen molar-refractivity contribution in [2.24, 2.45) is 0 Å². The standard InChI is InChI=1S/C25H34N4O3S/c1-18(2)32-21-9-7-20(8-10-21)25(31)28-15-11-19(12-16-28)24-26-22(17-33-24)23(30)27-29-13-5-3-4-6-14-29/h7-10,17-19H,3-6,11-16H2,1-2H3,(H,27,30). The summed E-state index contributed by atoms with van der Waals surface area (Å²) >= 11 is 1.56. The zero-order chi connectivity index (χ0) is 23.2. The molecule has 0 radical (unpaired) electrons. The van der Waals surface area contributed by atoms with E-state index in [1.165, 1.54) is 12.8 Å². The Kier molecular flexibility index (Phi) is 7.98. The predicted molar refractivity (Wildman–Crippen MR) is 130 cm³/mol. The number of piperidine rings is 1. The van der Waals surface area contributed by atoms with Crippen molar-refractivity contribution in [3.63, 3.8) is 0 Å². The van der Waals surface area contributed by atoms with E-state index in [1.807, 2.05) is 53.4 Å². The van der Waals surface area contributed by atoms with Crippen LogP contribution in [0.1, 0.15) is 84.1 Å². The molecule has 0 saturated carbocycles. The fourth-order valence-corrected chi connectivity index (χ4v) is 5.39. The predicted octanol–water partition coefficient (Wildman–Crippen LogP) is 4.47. The first-order valence-corrected chi connectivity index (χ1v) is 12.9. The summed E-state index contributed by atoms with van der Waals surface area (Å²) in [5.41, 5.74) is 4.21. The molecule has 2 aliphatic rings. The average Bonchev–Trinajstić information content (AvgIpc) is 3.18. The maximum Gasteiger partial charge on any atom is 0.285 e. The third kappa shape index (κ3) is 6.32. The molecule has 1 aromatic heterocycles. The molecule has 2 aromatic rings. The molecule has 3 heterocycles. The molecule has 0 bridgehead atoms. The van der Waals surface area contributed by atoms with E-state index in [1.54, 1.807) is 11.3 Å². The molecule has 33 heavy (non-hydrogen) atoms. The second-order valence-electron chi connectivity index (χ2n) is 9.17. The van der Waals surface area contributed by atoms with Crippen LogP contribution in [0, 0.1) is 0 Å². The average molecular weight is 471 g/mol. The Labute approximate surface area is 200 Å². The maximum atomic E-state index is 12.9. The fraction of sp³-hybridized carbons (Fsp3) is 0.560. The number of hydrazine groups is 1. The summed E-state index contributed by atoms with van der Waals surface area (Å²) in [5.74, 6) is 1.01. The van der Waals surface area contributed by atoms with Crippen LogP contribution in [0.3, 0.4) is 0 Å². The lowest BCUT2D eigenvalue weighted by molar-refractivity contribution is 0.0713. The molecule has 1 aromatic carbocycles. The van der Waals surface area contributed by atoms with Gasteiger partial charge in [-0.1, -0.05) is 12.8 Å². The molecule has 2 fully saturated rings. The third-order valence-corrected chi connectivity index (χ3v) is 7.23. The second kappa shape index (κ2) is 11.1. The van der Waals surface area contributed by atoms with Crippen LogP contribution < -0.4 is 10.2 Å². The van der Waals surface area contributed by atoms with Gasteiger partial charge in [-0.15, -0.1) is 11.3 Å². The third-order valence-electron chi connectivity index (χ3n) is 6.22. The van der Waals surface area contributed by atoms with Crippen molar-refractivity contribution in [3.05, 3.63) is 45.9 Å². The van der Waals surface area contributed by atoms with Crippen molar-refractivity contribution < 1.29 is 14.3 Å². The highest BCUT2D eigenvalue weighted by molar-refractivity contribution is 7.09. The smallest absolute Gasteiger partial charge is 0.285 e. The lowest BCUT2D eigenvalue weighted by Crippen LogP contribution is -2.42. The van der Waals surface area contributed by atoms with E-state index >= 15 is 0 Å². The first kappa shape index (κ1) is 23.7. The minimum atomic E-state index is -0.114. The second-order valence-corrected chi connectivity index (χ2v) is 10.1. The van der Waals surface area contributed by atoms with Crippen LogP contribution in [-0.4, -0.2) is 59.0 Å². The normalized spacial score (nSPS) is 18.2. The van der Waals surface area contributed by atoms with Gasteiger partial charge in [0, 0.05) is 43.0 Å². The van der Waals surface area contributed by atoms with Gasteiger partial charge in [0.05, 0.1) is 11.1 Å². The number of nitrogens with zero attached hydrogens (tertiary/aromatic N) is 3. The van der Waals surface area contributed by atoms with Crippen LogP contribution in [0.15, 0.2) is 29.6 Å². The van der Waals surface area contributed by atoms with Crippen molar-refractivity contribution >= 4 is 23.2 Å². The van der Waals surface area contributed by atoms with Gasteiger partial charge in [0.15, 0.2) is 0 Å². The highest BCUT2D eigenvalue weighted by atomic mass is 32.1. The fourth-order valence-electron chi connectivity index (χ4n) is 4.42. The largest absolute Gasteiger partial charge is 0.491 e. The Morgan fingerprint density at radius 1 is 1.03 bits per heavy atom. The summed E-state index contributed by atoms with van der Waals surface area (Å²) in [7, 11) is 0. The van der Waals surface area contributed by atoms with Crippen LogP contribution in [0.25, 0.3) is 0 Å². The Morgan fingerprint density at radius 2 is 1.70 bits per heavy atom. The van der Waals surface area contributed by atoms with Crippen LogP contribution in [0.5, 0.6) is 5.75 Å². The van der Waals surface area contributed by atoms with E-state index in [9.17, 15) is 9.59 Å². The van der Waals surface area contributed by atoms with Crippen molar-refractivity contribution in [1.82, 2.24) is 20.3 Å². The van der Waals surface area contributed by atoms with Crippen molar-refractivity contribution in [2.75, 3.05) is 26.2 Å². The molecular weight excluding hydrogens is 436 g/mol. The van der Waals surface area contributed by atoms with Crippen LogP contribution in [0.2, 0.25) is 0 Å². The molecular formula is C25H34N4O3S. The molecule has 0 spiro atoms. The van der Waals surface area contributed by atoms with Gasteiger partial charge in [-0.2, -0.15) is 0 Å². The lowest BCUT2D eigenvalue weighted by Gasteiger charge is -2.31. The van der Waals surface area contributed by atoms with Gasteiger partial charge in [0.1, 0.15) is 11.4 Å². The number of thiazole rings is 1. The Morgan fingerprint density at radius 3 is 2.33 bits per heavy atom. The number of rotatable bonds is 6. The van der Waals surface area contributed by atoms with Crippen molar-refractivity contribution in [3.8, 4) is 5.75 Å². The van der Waals surface area contributed by atoms with E-state index in [0.29, 0.717) is 30.3 Å². The van der Waals surface area contributed by atoms with Gasteiger partial charge in [-0.05, 0) is 63.8 Å². The summed E-state index contributed by atoms with van der Waals surface area (Å²) in [5, 5.41) is 4.89. The zero-order valence-corrected chi connectivity index (χ0v) is 20.4. The quantitative estimate of drug-likeness (QED) is 0.674. The van der Waals surface area contributed by atoms with E-state index in [2.05, 4.69) is 10.4 Å². The molecule has 0 atom stereocenters. The van der Waals surface area contributed by atoms with E-state index in [-0.39, 0.29) is 17.9 Å². The van der Waals surface area contributed by atoms with E-state index in [4.69, 9.17) is 4.74 Å². The highest BCUT2D eigenvalue weighted by Gasteiger charge is 2.27. The summed E-state index contributed by atoms with van der Waals surface area (Å²) in [6, 6.07) is 7.38. The number of carbonyl (C=O) groups is 2. The van der Waals surface area contributed by atoms with Gasteiger partial charge in [0.25, 0.3) is 11.8 Å². The van der Waals surface area contributed by atoms with Gasteiger partial charge in [-0.3, -0.25) is 15.0 Å². The van der Waals surface area contributed by atoms with Gasteiger partial charge in [-0.25, -0.2) is 9.99 Å². The number of aromatic nitrogens is 1. The number of carbonyl (C=O) groups excluding carboxylic acids is 2. The zero-order valence-electron chi connectivity index (χ0n) is 19.6. The molecule has 0 unspecified atom stereocenters. The maximum absolute atomic E-state index is 12.9. The number of nitrogens with one attached hydrogen (secondary N) is 1. The molecule has 2 aliphatic heterocycles. The van der Waals surface area contributed by atoms with Crippen LogP contribution in [-0.2, 0) is 0 Å². The molecule has 0 aliphatic carbocycles. The minimum absolute atomic E-state index is 0.0567. The number of amides is 2. The number of benzene rings is 1. The molecule has 178 valence electrons. The number of likely N-dealkylation sites (tertiary alicyclic amines) is 1. The molecule has 8 heteroatoms. The minimum Gasteiger partial charge on any atom is -0.491 e. The molecule has 7 nitrogen and oxygen atoms in total. The van der Waals surface area contributed by atoms with Crippen LogP contribution >= 0.6 is 11.3 Å². The SMILES string of the molecule is CC(C)Oc1ccc(C(=O)N2CCC(c3nc(C(=O)NN4CCCCCC4)cs3)CC2)cc1. The lowest BCUT2D eigenvalue weighted by atomic mass is 9.97. The van der Waals surface area contributed by atoms with E-state index < -0.39 is 0 Å². The molecule has 2 amide bonds. The first-order chi connectivity index (χ1) is 16.0. The number of hydrogen-bond acceptors (Lipinski definition) is 6. The summed E-state index contributed by atoms with van der Waals surface area (Å²) < 4.78 is 5.66. The molecule has 1 N–H and O–H groups in total. The van der Waals surface area contributed by atoms with Gasteiger partial charge >= 0.3 is 0 Å². The Hall–Kier alpha value is -2.45. The van der Waals surface area contributed by atoms with E-state index in [0.717, 1.165) is 49.5 Å². The molecule has 2 saturated heterocycles. The van der Waals surface area contributed by atoms with Crippen molar-refractivity contribution in [2.45, 2.75) is 64.4 Å². The Balaban J connectivity index is 1.28. The number of ether oxygens (including phenoxy) is 1. The monoisotopic (exact) mass is 470 g/mol.